The van der Waals surface area contributed by atoms with E-state index in [1.807, 2.05) is 19.1 Å². The minimum absolute atomic E-state index is 0.189. The van der Waals surface area contributed by atoms with Crippen molar-refractivity contribution < 1.29 is 8.94 Å². The number of nitrogens with zero attached hydrogens (tertiary/aromatic N) is 1. The molecule has 0 aromatic carbocycles. The number of aromatic nitrogens is 1. The average molecular weight is 206 g/mol. The first-order valence-corrected chi connectivity index (χ1v) is 4.93. The summed E-state index contributed by atoms with van der Waals surface area (Å²) in [7, 11) is 0. The normalized spacial score (nSPS) is 12.9. The first-order valence-electron chi connectivity index (χ1n) is 4.93. The maximum atomic E-state index is 5.51. The van der Waals surface area contributed by atoms with Gasteiger partial charge in [-0.15, -0.1) is 0 Å². The van der Waals surface area contributed by atoms with Gasteiger partial charge < -0.3 is 14.3 Å². The fraction of sp³-hybridized carbons (Fsp3) is 0.364. The zero-order valence-electron chi connectivity index (χ0n) is 8.86. The maximum Gasteiger partial charge on any atom is 0.128 e. The highest BCUT2D eigenvalue weighted by Gasteiger charge is 2.08. The van der Waals surface area contributed by atoms with E-state index in [-0.39, 0.29) is 6.04 Å². The van der Waals surface area contributed by atoms with Crippen LogP contribution in [0.1, 0.15) is 30.0 Å². The van der Waals surface area contributed by atoms with Gasteiger partial charge in [0.15, 0.2) is 0 Å². The Kier molecular flexibility index (Phi) is 2.87. The molecule has 0 aliphatic rings. The zero-order valence-corrected chi connectivity index (χ0v) is 8.86. The van der Waals surface area contributed by atoms with Crippen LogP contribution in [0.15, 0.2) is 33.5 Å². The highest BCUT2D eigenvalue weighted by atomic mass is 16.5. The first-order chi connectivity index (χ1) is 7.25. The van der Waals surface area contributed by atoms with Crippen molar-refractivity contribution in [3.05, 3.63) is 41.7 Å². The van der Waals surface area contributed by atoms with E-state index in [0.29, 0.717) is 0 Å². The Hall–Kier alpha value is -1.55. The van der Waals surface area contributed by atoms with Gasteiger partial charge in [0.1, 0.15) is 17.8 Å². The Morgan fingerprint density at radius 1 is 1.47 bits per heavy atom. The molecule has 0 aliphatic carbocycles. The molecule has 15 heavy (non-hydrogen) atoms. The predicted molar refractivity (Wildman–Crippen MR) is 55.2 cm³/mol. The Labute approximate surface area is 88.3 Å². The first kappa shape index (κ1) is 9.98. The molecule has 0 radical (unpaired) electrons. The number of hydrogen-bond donors (Lipinski definition) is 1. The lowest BCUT2D eigenvalue weighted by molar-refractivity contribution is 0.410. The Balaban J connectivity index is 1.90. The molecule has 0 saturated carbocycles. The van der Waals surface area contributed by atoms with Crippen LogP contribution in [0.2, 0.25) is 0 Å². The molecule has 4 nitrogen and oxygen atoms in total. The lowest BCUT2D eigenvalue weighted by Gasteiger charge is -2.09. The minimum Gasteiger partial charge on any atom is -0.465 e. The Morgan fingerprint density at radius 2 is 2.33 bits per heavy atom. The molecular weight excluding hydrogens is 192 g/mol. The number of rotatable bonds is 4. The number of nitrogens with one attached hydrogen (secondary N) is 1. The van der Waals surface area contributed by atoms with Crippen LogP contribution in [0.5, 0.6) is 0 Å². The maximum absolute atomic E-state index is 5.51. The van der Waals surface area contributed by atoms with Crippen LogP contribution < -0.4 is 5.32 Å². The van der Waals surface area contributed by atoms with Gasteiger partial charge in [-0.2, -0.15) is 0 Å². The van der Waals surface area contributed by atoms with Crippen LogP contribution in [0.4, 0.5) is 0 Å². The van der Waals surface area contributed by atoms with Crippen molar-refractivity contribution in [2.45, 2.75) is 26.4 Å². The monoisotopic (exact) mass is 206 g/mol. The third-order valence-electron chi connectivity index (χ3n) is 2.28. The molecule has 0 amide bonds. The lowest BCUT2D eigenvalue weighted by atomic mass is 10.2. The SMILES string of the molecule is Cc1ccc(C(C)NCc2cnoc2)o1. The molecule has 2 aromatic rings. The summed E-state index contributed by atoms with van der Waals surface area (Å²) < 4.78 is 10.3. The molecule has 2 heterocycles. The van der Waals surface area contributed by atoms with Gasteiger partial charge in [-0.3, -0.25) is 0 Å². The topological polar surface area (TPSA) is 51.2 Å². The van der Waals surface area contributed by atoms with Crippen LogP contribution in [-0.4, -0.2) is 5.16 Å². The second-order valence-electron chi connectivity index (χ2n) is 3.58. The fourth-order valence-corrected chi connectivity index (χ4v) is 1.37. The van der Waals surface area contributed by atoms with Crippen molar-refractivity contribution in [1.82, 2.24) is 10.5 Å². The van der Waals surface area contributed by atoms with Crippen molar-refractivity contribution in [2.75, 3.05) is 0 Å². The summed E-state index contributed by atoms with van der Waals surface area (Å²) in [5.41, 5.74) is 1.03. The molecule has 4 heteroatoms. The molecule has 0 fully saturated rings. The molecule has 2 rings (SSSR count). The van der Waals surface area contributed by atoms with Crippen molar-refractivity contribution in [2.24, 2.45) is 0 Å². The van der Waals surface area contributed by atoms with Crippen molar-refractivity contribution >= 4 is 0 Å². The summed E-state index contributed by atoms with van der Waals surface area (Å²) in [4.78, 5) is 0. The van der Waals surface area contributed by atoms with Crippen molar-refractivity contribution in [3.8, 4) is 0 Å². The second-order valence-corrected chi connectivity index (χ2v) is 3.58. The zero-order chi connectivity index (χ0) is 10.7. The summed E-state index contributed by atoms with van der Waals surface area (Å²) in [6.07, 6.45) is 3.33. The highest BCUT2D eigenvalue weighted by molar-refractivity contribution is 5.09. The Morgan fingerprint density at radius 3 is 2.93 bits per heavy atom. The van der Waals surface area contributed by atoms with Crippen LogP contribution in [0, 0.1) is 6.92 Å². The molecular formula is C11H14N2O2. The molecule has 80 valence electrons. The summed E-state index contributed by atoms with van der Waals surface area (Å²) >= 11 is 0. The number of hydrogen-bond acceptors (Lipinski definition) is 4. The van der Waals surface area contributed by atoms with E-state index in [1.54, 1.807) is 12.5 Å². The van der Waals surface area contributed by atoms with Crippen LogP contribution in [-0.2, 0) is 6.54 Å². The van der Waals surface area contributed by atoms with Gasteiger partial charge in [0, 0.05) is 12.1 Å². The van der Waals surface area contributed by atoms with Gasteiger partial charge in [-0.1, -0.05) is 5.16 Å². The lowest BCUT2D eigenvalue weighted by Crippen LogP contribution is -2.17. The summed E-state index contributed by atoms with van der Waals surface area (Å²) in [6.45, 7) is 4.73. The molecule has 0 saturated heterocycles. The largest absolute Gasteiger partial charge is 0.465 e. The van der Waals surface area contributed by atoms with Gasteiger partial charge in [0.2, 0.25) is 0 Å². The van der Waals surface area contributed by atoms with E-state index in [2.05, 4.69) is 17.4 Å². The molecule has 0 aliphatic heterocycles. The van der Waals surface area contributed by atoms with E-state index in [1.165, 1.54) is 0 Å². The molecule has 0 bridgehead atoms. The van der Waals surface area contributed by atoms with Crippen LogP contribution in [0.3, 0.4) is 0 Å². The van der Waals surface area contributed by atoms with Crippen molar-refractivity contribution in [3.63, 3.8) is 0 Å². The minimum atomic E-state index is 0.189. The summed E-state index contributed by atoms with van der Waals surface area (Å²) in [5.74, 6) is 1.88. The van der Waals surface area contributed by atoms with Gasteiger partial charge in [0.25, 0.3) is 0 Å². The Bertz CT molecular complexity index is 406. The number of aryl methyl sites for hydroxylation is 1. The molecule has 1 unspecified atom stereocenters. The van der Waals surface area contributed by atoms with Crippen LogP contribution >= 0.6 is 0 Å². The predicted octanol–water partition coefficient (Wildman–Crippen LogP) is 2.43. The van der Waals surface area contributed by atoms with E-state index in [9.17, 15) is 0 Å². The molecule has 1 atom stereocenters. The third kappa shape index (κ3) is 2.47. The summed E-state index contributed by atoms with van der Waals surface area (Å²) in [6, 6.07) is 4.14. The van der Waals surface area contributed by atoms with E-state index in [0.717, 1.165) is 23.6 Å². The van der Waals surface area contributed by atoms with Crippen LogP contribution in [0.25, 0.3) is 0 Å². The third-order valence-corrected chi connectivity index (χ3v) is 2.28. The average Bonchev–Trinajstić information content (AvgIpc) is 2.84. The van der Waals surface area contributed by atoms with Gasteiger partial charge in [-0.25, -0.2) is 0 Å². The molecule has 0 spiro atoms. The van der Waals surface area contributed by atoms with Gasteiger partial charge >= 0.3 is 0 Å². The fourth-order valence-electron chi connectivity index (χ4n) is 1.37. The second kappa shape index (κ2) is 4.31. The molecule has 2 aromatic heterocycles. The van der Waals surface area contributed by atoms with Gasteiger partial charge in [0.05, 0.1) is 12.2 Å². The highest BCUT2D eigenvalue weighted by Crippen LogP contribution is 2.15. The van der Waals surface area contributed by atoms with E-state index >= 15 is 0 Å². The summed E-state index contributed by atoms with van der Waals surface area (Å²) in [5, 5.41) is 6.96. The van der Waals surface area contributed by atoms with Crippen molar-refractivity contribution in [1.29, 1.82) is 0 Å². The van der Waals surface area contributed by atoms with E-state index in [4.69, 9.17) is 8.94 Å². The van der Waals surface area contributed by atoms with Gasteiger partial charge in [-0.05, 0) is 26.0 Å². The number of furan rings is 1. The quantitative estimate of drug-likeness (QED) is 0.834. The van der Waals surface area contributed by atoms with E-state index < -0.39 is 0 Å². The smallest absolute Gasteiger partial charge is 0.128 e. The standard InChI is InChI=1S/C11H14N2O2/c1-8-3-4-11(15-8)9(2)12-5-10-6-13-14-7-10/h3-4,6-7,9,12H,5H2,1-2H3. The molecule has 1 N–H and O–H groups in total.